The van der Waals surface area contributed by atoms with Crippen LogP contribution in [0, 0.1) is 0 Å². The second-order valence-electron chi connectivity index (χ2n) is 2.90. The first-order valence-electron chi connectivity index (χ1n) is 3.96. The van der Waals surface area contributed by atoms with E-state index >= 15 is 0 Å². The Bertz CT molecular complexity index is 335. The number of para-hydroxylation sites is 1. The third kappa shape index (κ3) is 1.93. The highest BCUT2D eigenvalue weighted by Crippen LogP contribution is 2.27. The van der Waals surface area contributed by atoms with Crippen LogP contribution in [0.3, 0.4) is 0 Å². The predicted octanol–water partition coefficient (Wildman–Crippen LogP) is 2.11. The zero-order chi connectivity index (χ0) is 8.55. The van der Waals surface area contributed by atoms with Crippen molar-refractivity contribution in [3.63, 3.8) is 0 Å². The Labute approximate surface area is 94.4 Å². The van der Waals surface area contributed by atoms with Gasteiger partial charge in [0.2, 0.25) is 0 Å². The van der Waals surface area contributed by atoms with Crippen LogP contribution in [0.15, 0.2) is 29.3 Å². The lowest BCUT2D eigenvalue weighted by molar-refractivity contribution is 0.809. The Morgan fingerprint density at radius 2 is 2.08 bits per heavy atom. The summed E-state index contributed by atoms with van der Waals surface area (Å²) < 4.78 is 0. The molecule has 4 heteroatoms. The van der Waals surface area contributed by atoms with Crippen LogP contribution in [-0.4, -0.2) is 5.96 Å². The minimum absolute atomic E-state index is 0. The lowest BCUT2D eigenvalue weighted by Gasteiger charge is -2.20. The molecule has 1 aromatic carbocycles. The number of nitrogens with two attached hydrogens (primary N) is 1. The summed E-state index contributed by atoms with van der Waals surface area (Å²) in [5.41, 5.74) is 7.85. The van der Waals surface area contributed by atoms with Gasteiger partial charge in [-0.1, -0.05) is 18.2 Å². The highest BCUT2D eigenvalue weighted by Gasteiger charge is 2.14. The number of rotatable bonds is 0. The first-order chi connectivity index (χ1) is 5.77. The molecule has 1 aromatic rings. The summed E-state index contributed by atoms with van der Waals surface area (Å²) in [4.78, 5) is 4.21. The Morgan fingerprint density at radius 3 is 2.85 bits per heavy atom. The van der Waals surface area contributed by atoms with E-state index in [-0.39, 0.29) is 30.0 Å². The van der Waals surface area contributed by atoms with Gasteiger partial charge in [0.05, 0.1) is 6.04 Å². The summed E-state index contributed by atoms with van der Waals surface area (Å²) >= 11 is 0. The maximum Gasteiger partial charge on any atom is 0.193 e. The number of guanidine groups is 1. The zero-order valence-corrected chi connectivity index (χ0v) is 9.65. The van der Waals surface area contributed by atoms with Crippen LogP contribution in [0.4, 0.5) is 5.69 Å². The molecule has 0 spiro atoms. The van der Waals surface area contributed by atoms with Crippen molar-refractivity contribution in [3.8, 4) is 0 Å². The van der Waals surface area contributed by atoms with Gasteiger partial charge in [-0.2, -0.15) is 0 Å². The summed E-state index contributed by atoms with van der Waals surface area (Å²) in [6.45, 7) is 2.03. The van der Waals surface area contributed by atoms with Gasteiger partial charge in [-0.25, -0.2) is 4.99 Å². The number of benzene rings is 1. The number of halogens is 1. The van der Waals surface area contributed by atoms with Gasteiger partial charge >= 0.3 is 0 Å². The number of aliphatic imine (C=N–C) groups is 1. The van der Waals surface area contributed by atoms with Gasteiger partial charge in [-0.3, -0.25) is 0 Å². The van der Waals surface area contributed by atoms with E-state index in [2.05, 4.69) is 16.4 Å². The maximum absolute atomic E-state index is 5.58. The van der Waals surface area contributed by atoms with Crippen LogP contribution in [0.1, 0.15) is 18.5 Å². The van der Waals surface area contributed by atoms with Gasteiger partial charge in [0.1, 0.15) is 0 Å². The average molecular weight is 289 g/mol. The lowest BCUT2D eigenvalue weighted by Crippen LogP contribution is -2.27. The van der Waals surface area contributed by atoms with Gasteiger partial charge in [0, 0.05) is 5.69 Å². The monoisotopic (exact) mass is 289 g/mol. The van der Waals surface area contributed by atoms with Crippen LogP contribution in [0.25, 0.3) is 0 Å². The molecular weight excluding hydrogens is 277 g/mol. The molecule has 1 heterocycles. The van der Waals surface area contributed by atoms with Crippen molar-refractivity contribution in [3.05, 3.63) is 29.8 Å². The largest absolute Gasteiger partial charge is 0.370 e. The topological polar surface area (TPSA) is 50.4 Å². The summed E-state index contributed by atoms with van der Waals surface area (Å²) in [5, 5.41) is 3.02. The van der Waals surface area contributed by atoms with Gasteiger partial charge in [-0.05, 0) is 18.6 Å². The SMILES string of the molecule is CC1N=C(N)Nc2ccccc21.I. The molecule has 0 saturated heterocycles. The van der Waals surface area contributed by atoms with Crippen molar-refractivity contribution in [1.82, 2.24) is 0 Å². The lowest BCUT2D eigenvalue weighted by atomic mass is 10.1. The predicted molar refractivity (Wildman–Crippen MR) is 65.5 cm³/mol. The second kappa shape index (κ2) is 3.95. The fourth-order valence-electron chi connectivity index (χ4n) is 1.42. The normalized spacial score (nSPS) is 19.2. The van der Waals surface area contributed by atoms with E-state index in [0.29, 0.717) is 5.96 Å². The van der Waals surface area contributed by atoms with Crippen LogP contribution in [-0.2, 0) is 0 Å². The molecule has 70 valence electrons. The van der Waals surface area contributed by atoms with Crippen molar-refractivity contribution in [1.29, 1.82) is 0 Å². The molecule has 2 rings (SSSR count). The maximum atomic E-state index is 5.58. The standard InChI is InChI=1S/C9H11N3.HI/c1-6-7-4-2-3-5-8(7)12-9(10)11-6;/h2-6H,1H3,(H3,10,11,12);1H. The molecule has 3 nitrogen and oxygen atoms in total. The molecule has 1 aliphatic rings. The minimum atomic E-state index is 0. The van der Waals surface area contributed by atoms with Crippen LogP contribution < -0.4 is 11.1 Å². The van der Waals surface area contributed by atoms with Crippen molar-refractivity contribution in [2.75, 3.05) is 5.32 Å². The third-order valence-electron chi connectivity index (χ3n) is 2.01. The van der Waals surface area contributed by atoms with E-state index in [4.69, 9.17) is 5.73 Å². The third-order valence-corrected chi connectivity index (χ3v) is 2.01. The zero-order valence-electron chi connectivity index (χ0n) is 7.32. The molecule has 0 amide bonds. The smallest absolute Gasteiger partial charge is 0.193 e. The Hall–Kier alpha value is -0.780. The summed E-state index contributed by atoms with van der Waals surface area (Å²) in [6.07, 6.45) is 0. The Morgan fingerprint density at radius 1 is 1.38 bits per heavy atom. The molecule has 1 unspecified atom stereocenters. The summed E-state index contributed by atoms with van der Waals surface area (Å²) in [6, 6.07) is 8.23. The molecule has 1 atom stereocenters. The highest BCUT2D eigenvalue weighted by molar-refractivity contribution is 14.0. The summed E-state index contributed by atoms with van der Waals surface area (Å²) in [5.74, 6) is 0.501. The summed E-state index contributed by atoms with van der Waals surface area (Å²) in [7, 11) is 0. The van der Waals surface area contributed by atoms with E-state index in [1.165, 1.54) is 5.56 Å². The molecule has 0 fully saturated rings. The van der Waals surface area contributed by atoms with Gasteiger partial charge in [-0.15, -0.1) is 24.0 Å². The molecule has 0 radical (unpaired) electrons. The molecule has 0 saturated carbocycles. The van der Waals surface area contributed by atoms with Gasteiger partial charge in [0.15, 0.2) is 5.96 Å². The van der Waals surface area contributed by atoms with Crippen LogP contribution in [0.5, 0.6) is 0 Å². The second-order valence-corrected chi connectivity index (χ2v) is 2.90. The molecule has 1 aliphatic heterocycles. The van der Waals surface area contributed by atoms with Crippen molar-refractivity contribution in [2.24, 2.45) is 10.7 Å². The van der Waals surface area contributed by atoms with E-state index in [1.807, 2.05) is 25.1 Å². The van der Waals surface area contributed by atoms with Crippen molar-refractivity contribution in [2.45, 2.75) is 13.0 Å². The number of anilines is 1. The molecular formula is C9H12IN3. The molecule has 0 bridgehead atoms. The Kier molecular flexibility index (Phi) is 3.13. The number of nitrogens with one attached hydrogen (secondary N) is 1. The minimum Gasteiger partial charge on any atom is -0.370 e. The first kappa shape index (κ1) is 10.3. The number of hydrogen-bond acceptors (Lipinski definition) is 3. The molecule has 3 N–H and O–H groups in total. The fourth-order valence-corrected chi connectivity index (χ4v) is 1.42. The fraction of sp³-hybridized carbons (Fsp3) is 0.222. The van der Waals surface area contributed by atoms with Gasteiger partial charge in [0.25, 0.3) is 0 Å². The van der Waals surface area contributed by atoms with Crippen molar-refractivity contribution < 1.29 is 0 Å². The quantitative estimate of drug-likeness (QED) is 0.719. The molecule has 0 aromatic heterocycles. The van der Waals surface area contributed by atoms with Gasteiger partial charge < -0.3 is 11.1 Å². The van der Waals surface area contributed by atoms with Crippen LogP contribution in [0.2, 0.25) is 0 Å². The highest BCUT2D eigenvalue weighted by atomic mass is 127. The Balaban J connectivity index is 0.000000845. The number of nitrogens with zero attached hydrogens (tertiary/aromatic N) is 1. The molecule has 13 heavy (non-hydrogen) atoms. The number of hydrogen-bond donors (Lipinski definition) is 2. The number of fused-ring (bicyclic) bond motifs is 1. The van der Waals surface area contributed by atoms with E-state index < -0.39 is 0 Å². The molecule has 0 aliphatic carbocycles. The van der Waals surface area contributed by atoms with Crippen molar-refractivity contribution >= 4 is 35.6 Å². The first-order valence-corrected chi connectivity index (χ1v) is 3.96. The van der Waals surface area contributed by atoms with E-state index in [0.717, 1.165) is 5.69 Å². The van der Waals surface area contributed by atoms with E-state index in [9.17, 15) is 0 Å². The van der Waals surface area contributed by atoms with E-state index in [1.54, 1.807) is 0 Å². The van der Waals surface area contributed by atoms with Crippen LogP contribution >= 0.6 is 24.0 Å². The average Bonchev–Trinajstić information content (AvgIpc) is 2.04.